The second kappa shape index (κ2) is 2.50. The lowest BCUT2D eigenvalue weighted by Crippen LogP contribution is -1.61. The molecule has 0 aliphatic rings. The lowest BCUT2D eigenvalue weighted by molar-refractivity contribution is 1.65. The first-order valence-corrected chi connectivity index (χ1v) is 4.61. The first kappa shape index (κ1) is 7.14. The minimum absolute atomic E-state index is 0.819. The first-order valence-electron chi connectivity index (χ1n) is 3.41. The Kier molecular flexibility index (Phi) is 1.63. The van der Waals surface area contributed by atoms with E-state index in [-0.39, 0.29) is 0 Å². The van der Waals surface area contributed by atoms with Gasteiger partial charge in [-0.15, -0.1) is 11.3 Å². The molecule has 0 aliphatic carbocycles. The molecule has 0 fully saturated rings. The Bertz CT molecular complexity index is 389. The molecule has 0 bridgehead atoms. The van der Waals surface area contributed by atoms with Gasteiger partial charge in [-0.25, -0.2) is 0 Å². The first-order chi connectivity index (χ1) is 5.25. The van der Waals surface area contributed by atoms with E-state index in [4.69, 9.17) is 11.6 Å². The van der Waals surface area contributed by atoms with E-state index in [0.717, 1.165) is 5.02 Å². The fourth-order valence-electron chi connectivity index (χ4n) is 1.14. The van der Waals surface area contributed by atoms with E-state index < -0.39 is 0 Å². The van der Waals surface area contributed by atoms with Crippen LogP contribution < -0.4 is 0 Å². The Hall–Kier alpha value is -0.530. The van der Waals surface area contributed by atoms with Crippen LogP contribution in [0, 0.1) is 6.92 Å². The van der Waals surface area contributed by atoms with Crippen LogP contribution in [-0.2, 0) is 0 Å². The molecule has 0 aliphatic heterocycles. The van der Waals surface area contributed by atoms with Crippen LogP contribution in [0.25, 0.3) is 10.1 Å². The smallest absolute Gasteiger partial charge is 0.0420 e. The lowest BCUT2D eigenvalue weighted by atomic mass is 10.2. The zero-order chi connectivity index (χ0) is 7.84. The summed E-state index contributed by atoms with van der Waals surface area (Å²) in [6.07, 6.45) is 0. The van der Waals surface area contributed by atoms with E-state index in [2.05, 4.69) is 19.1 Å². The van der Waals surface area contributed by atoms with Crippen LogP contribution in [-0.4, -0.2) is 0 Å². The fourth-order valence-corrected chi connectivity index (χ4v) is 2.34. The standard InChI is InChI=1S/C9H7ClS/c1-6-4-7-2-3-8(10)5-9(7)11-6/h2-5H,1H3. The van der Waals surface area contributed by atoms with Crippen LogP contribution in [0.4, 0.5) is 0 Å². The summed E-state index contributed by atoms with van der Waals surface area (Å²) in [5, 5.41) is 2.11. The molecule has 0 spiro atoms. The number of benzene rings is 1. The Morgan fingerprint density at radius 3 is 2.91 bits per heavy atom. The molecule has 0 saturated heterocycles. The Morgan fingerprint density at radius 2 is 2.09 bits per heavy atom. The highest BCUT2D eigenvalue weighted by Crippen LogP contribution is 2.27. The summed E-state index contributed by atoms with van der Waals surface area (Å²) in [5.74, 6) is 0. The Labute approximate surface area is 74.4 Å². The van der Waals surface area contributed by atoms with Crippen molar-refractivity contribution in [2.75, 3.05) is 0 Å². The van der Waals surface area contributed by atoms with Gasteiger partial charge in [-0.3, -0.25) is 0 Å². The molecule has 1 aromatic carbocycles. The van der Waals surface area contributed by atoms with Gasteiger partial charge < -0.3 is 0 Å². The third-order valence-corrected chi connectivity index (χ3v) is 2.85. The maximum Gasteiger partial charge on any atom is 0.0420 e. The average molecular weight is 183 g/mol. The summed E-state index contributed by atoms with van der Waals surface area (Å²) < 4.78 is 1.27. The van der Waals surface area contributed by atoms with Crippen molar-refractivity contribution in [3.8, 4) is 0 Å². The summed E-state index contributed by atoms with van der Waals surface area (Å²) in [6, 6.07) is 8.17. The summed E-state index contributed by atoms with van der Waals surface area (Å²) in [5.41, 5.74) is 0. The van der Waals surface area contributed by atoms with Crippen molar-refractivity contribution >= 4 is 33.0 Å². The molecule has 0 amide bonds. The van der Waals surface area contributed by atoms with Crippen LogP contribution in [0.5, 0.6) is 0 Å². The molecule has 2 rings (SSSR count). The van der Waals surface area contributed by atoms with Gasteiger partial charge in [0.2, 0.25) is 0 Å². The van der Waals surface area contributed by atoms with Gasteiger partial charge in [-0.2, -0.15) is 0 Å². The maximum absolute atomic E-state index is 5.83. The number of rotatable bonds is 0. The van der Waals surface area contributed by atoms with Crippen molar-refractivity contribution in [1.82, 2.24) is 0 Å². The Morgan fingerprint density at radius 1 is 1.27 bits per heavy atom. The van der Waals surface area contributed by atoms with E-state index in [1.165, 1.54) is 15.0 Å². The van der Waals surface area contributed by atoms with Crippen LogP contribution >= 0.6 is 22.9 Å². The highest BCUT2D eigenvalue weighted by Gasteiger charge is 1.97. The second-order valence-corrected chi connectivity index (χ2v) is 4.26. The van der Waals surface area contributed by atoms with Gasteiger partial charge in [0.25, 0.3) is 0 Å². The molecule has 0 nitrogen and oxygen atoms in total. The molecule has 56 valence electrons. The largest absolute Gasteiger partial charge is 0.141 e. The Balaban J connectivity index is 2.82. The zero-order valence-electron chi connectivity index (χ0n) is 6.10. The van der Waals surface area contributed by atoms with E-state index in [1.54, 1.807) is 11.3 Å². The quantitative estimate of drug-likeness (QED) is 0.581. The van der Waals surface area contributed by atoms with Gasteiger partial charge in [0.15, 0.2) is 0 Å². The van der Waals surface area contributed by atoms with Crippen LogP contribution in [0.1, 0.15) is 4.88 Å². The van der Waals surface area contributed by atoms with E-state index in [1.807, 2.05) is 12.1 Å². The molecule has 11 heavy (non-hydrogen) atoms. The zero-order valence-corrected chi connectivity index (χ0v) is 7.67. The van der Waals surface area contributed by atoms with E-state index >= 15 is 0 Å². The summed E-state index contributed by atoms with van der Waals surface area (Å²) in [6.45, 7) is 2.11. The highest BCUT2D eigenvalue weighted by molar-refractivity contribution is 7.19. The van der Waals surface area contributed by atoms with Crippen LogP contribution in [0.2, 0.25) is 5.02 Å². The molecule has 0 atom stereocenters. The van der Waals surface area contributed by atoms with Crippen molar-refractivity contribution in [2.24, 2.45) is 0 Å². The van der Waals surface area contributed by atoms with Crippen molar-refractivity contribution < 1.29 is 0 Å². The molecule has 2 heteroatoms. The van der Waals surface area contributed by atoms with E-state index in [9.17, 15) is 0 Å². The molecule has 0 unspecified atom stereocenters. The van der Waals surface area contributed by atoms with Gasteiger partial charge in [-0.1, -0.05) is 17.7 Å². The minimum Gasteiger partial charge on any atom is -0.141 e. The average Bonchev–Trinajstić information content (AvgIpc) is 2.27. The number of hydrogen-bond acceptors (Lipinski definition) is 1. The topological polar surface area (TPSA) is 0 Å². The van der Waals surface area contributed by atoms with Crippen molar-refractivity contribution in [3.05, 3.63) is 34.2 Å². The molecular weight excluding hydrogens is 176 g/mol. The van der Waals surface area contributed by atoms with Gasteiger partial charge in [0.05, 0.1) is 0 Å². The number of aryl methyl sites for hydroxylation is 1. The second-order valence-electron chi connectivity index (χ2n) is 2.54. The van der Waals surface area contributed by atoms with Gasteiger partial charge in [-0.05, 0) is 30.5 Å². The number of hydrogen-bond donors (Lipinski definition) is 0. The molecular formula is C9H7ClS. The molecule has 0 N–H and O–H groups in total. The predicted octanol–water partition coefficient (Wildman–Crippen LogP) is 3.86. The molecule has 0 radical (unpaired) electrons. The third kappa shape index (κ3) is 1.26. The highest BCUT2D eigenvalue weighted by atomic mass is 35.5. The minimum atomic E-state index is 0.819. The van der Waals surface area contributed by atoms with Gasteiger partial charge in [0, 0.05) is 14.6 Å². The monoisotopic (exact) mass is 182 g/mol. The normalized spacial score (nSPS) is 10.7. The molecule has 2 aromatic rings. The molecule has 1 aromatic heterocycles. The maximum atomic E-state index is 5.83. The number of halogens is 1. The predicted molar refractivity (Wildman–Crippen MR) is 51.6 cm³/mol. The van der Waals surface area contributed by atoms with Crippen molar-refractivity contribution in [2.45, 2.75) is 6.92 Å². The van der Waals surface area contributed by atoms with Gasteiger partial charge >= 0.3 is 0 Å². The summed E-state index contributed by atoms with van der Waals surface area (Å²) in [7, 11) is 0. The third-order valence-electron chi connectivity index (χ3n) is 1.61. The number of fused-ring (bicyclic) bond motifs is 1. The van der Waals surface area contributed by atoms with Crippen LogP contribution in [0.3, 0.4) is 0 Å². The van der Waals surface area contributed by atoms with Gasteiger partial charge in [0.1, 0.15) is 0 Å². The number of thiophene rings is 1. The van der Waals surface area contributed by atoms with Crippen molar-refractivity contribution in [1.29, 1.82) is 0 Å². The summed E-state index contributed by atoms with van der Waals surface area (Å²) in [4.78, 5) is 1.34. The van der Waals surface area contributed by atoms with E-state index in [0.29, 0.717) is 0 Å². The SMILES string of the molecule is Cc1cc2ccc(Cl)cc2s1. The summed E-state index contributed by atoms with van der Waals surface area (Å²) >= 11 is 7.62. The van der Waals surface area contributed by atoms with Crippen LogP contribution in [0.15, 0.2) is 24.3 Å². The molecule has 0 saturated carbocycles. The lowest BCUT2D eigenvalue weighted by Gasteiger charge is -1.87. The fraction of sp³-hybridized carbons (Fsp3) is 0.111. The van der Waals surface area contributed by atoms with Crippen molar-refractivity contribution in [3.63, 3.8) is 0 Å². The molecule has 1 heterocycles.